The van der Waals surface area contributed by atoms with Crippen molar-refractivity contribution in [2.75, 3.05) is 5.01 Å². The molecule has 1 aliphatic heterocycles. The summed E-state index contributed by atoms with van der Waals surface area (Å²) in [7, 11) is 0. The molecule has 1 N–H and O–H groups in total. The zero-order valence-corrected chi connectivity index (χ0v) is 14.7. The minimum atomic E-state index is -0.444. The quantitative estimate of drug-likeness (QED) is 0.645. The number of carbonyl (C=O) groups is 1. The van der Waals surface area contributed by atoms with Crippen LogP contribution in [0.2, 0.25) is 5.02 Å². The molecule has 0 aliphatic carbocycles. The van der Waals surface area contributed by atoms with E-state index in [2.05, 4.69) is 10.6 Å². The summed E-state index contributed by atoms with van der Waals surface area (Å²) in [4.78, 5) is 17.4. The van der Waals surface area contributed by atoms with E-state index in [1.54, 1.807) is 19.1 Å². The van der Waals surface area contributed by atoms with Gasteiger partial charge in [0.2, 0.25) is 0 Å². The van der Waals surface area contributed by atoms with Gasteiger partial charge in [-0.15, -0.1) is 0 Å². The van der Waals surface area contributed by atoms with E-state index in [0.29, 0.717) is 10.7 Å². The van der Waals surface area contributed by atoms with Crippen LogP contribution in [-0.4, -0.2) is 18.0 Å². The molecule has 1 saturated heterocycles. The van der Waals surface area contributed by atoms with E-state index in [-0.39, 0.29) is 12.8 Å². The molecule has 0 spiro atoms. The van der Waals surface area contributed by atoms with Crippen LogP contribution >= 0.6 is 11.6 Å². The monoisotopic (exact) mass is 359 g/mol. The number of hydrogen-bond acceptors (Lipinski definition) is 5. The second kappa shape index (κ2) is 7.55. The second-order valence-corrected chi connectivity index (χ2v) is 6.01. The maximum absolute atomic E-state index is 11.9. The third kappa shape index (κ3) is 4.10. The normalized spacial score (nSPS) is 17.6. The number of nitrogens with one attached hydrogen (secondary N) is 1. The lowest BCUT2D eigenvalue weighted by Crippen LogP contribution is -2.36. The van der Waals surface area contributed by atoms with Crippen LogP contribution in [0.25, 0.3) is 0 Å². The number of oxime groups is 1. The summed E-state index contributed by atoms with van der Waals surface area (Å²) in [5.41, 5.74) is 6.10. The smallest absolute Gasteiger partial charge is 0.428 e. The zero-order valence-electron chi connectivity index (χ0n) is 13.9. The van der Waals surface area contributed by atoms with Crippen molar-refractivity contribution in [3.8, 4) is 0 Å². The molecule has 1 amide bonds. The van der Waals surface area contributed by atoms with E-state index < -0.39 is 6.09 Å². The predicted octanol–water partition coefficient (Wildman–Crippen LogP) is 4.09. The Bertz CT molecular complexity index is 792. The minimum Gasteiger partial charge on any atom is -0.428 e. The van der Waals surface area contributed by atoms with Crippen LogP contribution in [0, 0.1) is 0 Å². The Morgan fingerprint density at radius 3 is 2.68 bits per heavy atom. The molecule has 3 rings (SSSR count). The summed E-state index contributed by atoms with van der Waals surface area (Å²) >= 11 is 5.88. The molecule has 7 heteroatoms. The van der Waals surface area contributed by atoms with Gasteiger partial charge in [0.25, 0.3) is 0 Å². The molecule has 1 aliphatic rings. The molecule has 1 heterocycles. The van der Waals surface area contributed by atoms with Gasteiger partial charge in [0.1, 0.15) is 6.61 Å². The van der Waals surface area contributed by atoms with Gasteiger partial charge in [-0.25, -0.2) is 9.80 Å². The molecule has 0 aromatic heterocycles. The van der Waals surface area contributed by atoms with Crippen molar-refractivity contribution in [2.45, 2.75) is 26.7 Å². The van der Waals surface area contributed by atoms with Gasteiger partial charge in [0.15, 0.2) is 6.23 Å². The lowest BCUT2D eigenvalue weighted by atomic mass is 10.1. The molecule has 0 saturated carbocycles. The maximum Gasteiger partial charge on any atom is 0.430 e. The number of cyclic esters (lactones) is 1. The fourth-order valence-electron chi connectivity index (χ4n) is 2.43. The maximum atomic E-state index is 11.9. The first-order valence-corrected chi connectivity index (χ1v) is 8.19. The number of ether oxygens (including phenoxy) is 1. The van der Waals surface area contributed by atoms with Crippen molar-refractivity contribution in [3.63, 3.8) is 0 Å². The zero-order chi connectivity index (χ0) is 17.8. The molecule has 130 valence electrons. The number of anilines is 1. The van der Waals surface area contributed by atoms with E-state index in [1.807, 2.05) is 43.3 Å². The Labute approximate surface area is 150 Å². The Morgan fingerprint density at radius 1 is 1.28 bits per heavy atom. The molecule has 2 aromatic carbocycles. The van der Waals surface area contributed by atoms with Gasteiger partial charge < -0.3 is 9.57 Å². The predicted molar refractivity (Wildman–Crippen MR) is 96.5 cm³/mol. The first-order chi connectivity index (χ1) is 12.0. The average molecular weight is 360 g/mol. The first-order valence-electron chi connectivity index (χ1n) is 7.82. The largest absolute Gasteiger partial charge is 0.430 e. The molecule has 2 aromatic rings. The van der Waals surface area contributed by atoms with Crippen molar-refractivity contribution in [1.29, 1.82) is 0 Å². The molecule has 1 fully saturated rings. The van der Waals surface area contributed by atoms with Crippen molar-refractivity contribution in [2.24, 2.45) is 5.16 Å². The number of benzene rings is 2. The molecule has 1 unspecified atom stereocenters. The third-order valence-corrected chi connectivity index (χ3v) is 3.94. The van der Waals surface area contributed by atoms with Crippen LogP contribution in [0.5, 0.6) is 0 Å². The van der Waals surface area contributed by atoms with Gasteiger partial charge in [0, 0.05) is 10.6 Å². The van der Waals surface area contributed by atoms with E-state index in [4.69, 9.17) is 21.2 Å². The highest BCUT2D eigenvalue weighted by atomic mass is 35.5. The number of halogens is 1. The van der Waals surface area contributed by atoms with Crippen LogP contribution in [-0.2, 0) is 16.2 Å². The Hall–Kier alpha value is -2.57. The topological polar surface area (TPSA) is 63.2 Å². The van der Waals surface area contributed by atoms with Crippen molar-refractivity contribution >= 4 is 29.1 Å². The molecule has 6 nitrogen and oxygen atoms in total. The third-order valence-electron chi connectivity index (χ3n) is 3.69. The number of para-hydroxylation sites is 1. The highest BCUT2D eigenvalue weighted by Crippen LogP contribution is 2.23. The van der Waals surface area contributed by atoms with Gasteiger partial charge in [-0.3, -0.25) is 0 Å². The number of hydrogen-bond donors (Lipinski definition) is 1. The van der Waals surface area contributed by atoms with E-state index >= 15 is 0 Å². The fourth-order valence-corrected chi connectivity index (χ4v) is 2.55. The van der Waals surface area contributed by atoms with Crippen molar-refractivity contribution in [3.05, 3.63) is 64.7 Å². The Kier molecular flexibility index (Phi) is 5.21. The minimum absolute atomic E-state index is 0.223. The average Bonchev–Trinajstić information content (AvgIpc) is 2.94. The number of nitrogens with zero attached hydrogens (tertiary/aromatic N) is 2. The SMILES string of the molecule is C/C(=N\OCc1ccccc1N1NC(C)OC1=O)c1ccc(Cl)cc1. The van der Waals surface area contributed by atoms with Gasteiger partial charge in [-0.2, -0.15) is 5.43 Å². The number of amides is 1. The standard InChI is InChI=1S/C18H18ClN3O3/c1-12(14-7-9-16(19)10-8-14)21-24-11-15-5-3-4-6-17(15)22-18(23)25-13(2)20-22/h3-10,13,20H,11H2,1-2H3/b21-12+. The molecule has 0 bridgehead atoms. The summed E-state index contributed by atoms with van der Waals surface area (Å²) in [6, 6.07) is 14.8. The Morgan fingerprint density at radius 2 is 2.00 bits per heavy atom. The number of hydrazine groups is 1. The summed E-state index contributed by atoms with van der Waals surface area (Å²) in [6.45, 7) is 3.84. The summed E-state index contributed by atoms with van der Waals surface area (Å²) < 4.78 is 5.09. The lowest BCUT2D eigenvalue weighted by Gasteiger charge is -2.16. The molecule has 25 heavy (non-hydrogen) atoms. The van der Waals surface area contributed by atoms with E-state index in [9.17, 15) is 4.79 Å². The van der Waals surface area contributed by atoms with Crippen LogP contribution in [0.4, 0.5) is 10.5 Å². The lowest BCUT2D eigenvalue weighted by molar-refractivity contribution is 0.130. The summed E-state index contributed by atoms with van der Waals surface area (Å²) in [5, 5.41) is 6.19. The summed E-state index contributed by atoms with van der Waals surface area (Å²) in [5.74, 6) is 0. The van der Waals surface area contributed by atoms with Crippen molar-refractivity contribution in [1.82, 2.24) is 5.43 Å². The fraction of sp³-hybridized carbons (Fsp3) is 0.222. The van der Waals surface area contributed by atoms with Crippen molar-refractivity contribution < 1.29 is 14.4 Å². The van der Waals surface area contributed by atoms with E-state index in [1.165, 1.54) is 5.01 Å². The number of rotatable bonds is 5. The number of carbonyl (C=O) groups excluding carboxylic acids is 1. The summed E-state index contributed by atoms with van der Waals surface area (Å²) in [6.07, 6.45) is -0.813. The molecular weight excluding hydrogens is 342 g/mol. The van der Waals surface area contributed by atoms with Gasteiger partial charge in [0.05, 0.1) is 11.4 Å². The molecule has 1 atom stereocenters. The highest BCUT2D eigenvalue weighted by molar-refractivity contribution is 6.30. The molecule has 0 radical (unpaired) electrons. The van der Waals surface area contributed by atoms with Gasteiger partial charge >= 0.3 is 6.09 Å². The molecular formula is C18H18ClN3O3. The highest BCUT2D eigenvalue weighted by Gasteiger charge is 2.30. The first kappa shape index (κ1) is 17.3. The van der Waals surface area contributed by atoms with Crippen LogP contribution in [0.1, 0.15) is 25.0 Å². The Balaban J connectivity index is 1.70. The van der Waals surface area contributed by atoms with Crippen LogP contribution in [0.3, 0.4) is 0 Å². The second-order valence-electron chi connectivity index (χ2n) is 5.58. The van der Waals surface area contributed by atoms with Crippen LogP contribution in [0.15, 0.2) is 53.7 Å². The van der Waals surface area contributed by atoms with E-state index in [0.717, 1.165) is 16.8 Å². The van der Waals surface area contributed by atoms with Crippen LogP contribution < -0.4 is 10.4 Å². The van der Waals surface area contributed by atoms with Gasteiger partial charge in [-0.05, 0) is 37.6 Å². The van der Waals surface area contributed by atoms with Gasteiger partial charge in [-0.1, -0.05) is 47.1 Å².